The molecule has 0 saturated heterocycles. The Morgan fingerprint density at radius 3 is 2.84 bits per heavy atom. The molecule has 166 valence electrons. The van der Waals surface area contributed by atoms with Crippen LogP contribution in [-0.4, -0.2) is 25.0 Å². The molecule has 0 amide bonds. The molecule has 0 aliphatic heterocycles. The molecule has 2 N–H and O–H groups in total. The van der Waals surface area contributed by atoms with Gasteiger partial charge in [-0.3, -0.25) is 4.79 Å². The predicted octanol–water partition coefficient (Wildman–Crippen LogP) is 5.64. The molecule has 0 spiro atoms. The lowest BCUT2D eigenvalue weighted by Gasteiger charge is -2.30. The molecule has 0 bridgehead atoms. The minimum Gasteiger partial charge on any atom is -0.378 e. The number of anilines is 1. The smallest absolute Gasteiger partial charge is 0.273 e. The van der Waals surface area contributed by atoms with E-state index >= 15 is 0 Å². The summed E-state index contributed by atoms with van der Waals surface area (Å²) in [4.78, 5) is 20.9. The van der Waals surface area contributed by atoms with Crippen LogP contribution in [0.2, 0.25) is 0 Å². The molecule has 0 aromatic carbocycles. The van der Waals surface area contributed by atoms with Gasteiger partial charge in [-0.2, -0.15) is 0 Å². The van der Waals surface area contributed by atoms with Gasteiger partial charge in [0, 0.05) is 59.3 Å². The Hall–Kier alpha value is -2.93. The van der Waals surface area contributed by atoms with Crippen molar-refractivity contribution in [1.82, 2.24) is 18.9 Å². The van der Waals surface area contributed by atoms with E-state index in [-0.39, 0.29) is 5.56 Å². The molecule has 32 heavy (non-hydrogen) atoms. The quantitative estimate of drug-likeness (QED) is 0.401. The van der Waals surface area contributed by atoms with Crippen LogP contribution in [-0.2, 0) is 6.54 Å². The van der Waals surface area contributed by atoms with E-state index in [1.54, 1.807) is 0 Å². The largest absolute Gasteiger partial charge is 0.378 e. The third-order valence-corrected chi connectivity index (χ3v) is 7.01. The fraction of sp³-hybridized carbons (Fsp3) is 0.400. The first kappa shape index (κ1) is 20.9. The van der Waals surface area contributed by atoms with Gasteiger partial charge < -0.3 is 14.9 Å². The average Bonchev–Trinajstić information content (AvgIpc) is 3.47. The van der Waals surface area contributed by atoms with E-state index in [9.17, 15) is 4.79 Å². The van der Waals surface area contributed by atoms with Gasteiger partial charge in [-0.25, -0.2) is 9.36 Å². The molecule has 1 saturated carbocycles. The van der Waals surface area contributed by atoms with Gasteiger partial charge in [0.2, 0.25) is 0 Å². The molecule has 5 rings (SSSR count). The fourth-order valence-electron chi connectivity index (χ4n) is 4.86. The van der Waals surface area contributed by atoms with Gasteiger partial charge in [0.25, 0.3) is 5.56 Å². The van der Waals surface area contributed by atoms with Crippen molar-refractivity contribution >= 4 is 28.3 Å². The molecule has 4 aromatic rings. The molecule has 1 aliphatic carbocycles. The van der Waals surface area contributed by atoms with Gasteiger partial charge in [0.15, 0.2) is 0 Å². The van der Waals surface area contributed by atoms with E-state index in [1.165, 1.54) is 22.5 Å². The summed E-state index contributed by atoms with van der Waals surface area (Å²) >= 11 is 1.43. The van der Waals surface area contributed by atoms with Gasteiger partial charge in [0.1, 0.15) is 11.3 Å². The Kier molecular flexibility index (Phi) is 5.83. The summed E-state index contributed by atoms with van der Waals surface area (Å²) in [7, 11) is 0. The zero-order valence-electron chi connectivity index (χ0n) is 18.5. The van der Waals surface area contributed by atoms with Crippen molar-refractivity contribution in [3.05, 3.63) is 64.3 Å². The highest BCUT2D eigenvalue weighted by Crippen LogP contribution is 2.37. The standard InChI is InChI=1S/C25H29N5OS/c1-16(2)13-30-14-18(19-11-28-32-15-19)10-23(25(30)31)29-20-7-5-17(6-8-20)22-12-27-24-21(22)4-3-9-26-24/h3-4,9-12,14-17,20,29H,5-8,13H2,1-2H3,(H,26,27). The number of nitrogens with zero attached hydrogens (tertiary/aromatic N) is 3. The van der Waals surface area contributed by atoms with Crippen LogP contribution in [0.5, 0.6) is 0 Å². The highest BCUT2D eigenvalue weighted by atomic mass is 32.1. The third kappa shape index (κ3) is 4.21. The lowest BCUT2D eigenvalue weighted by atomic mass is 9.81. The molecule has 0 atom stereocenters. The van der Waals surface area contributed by atoms with Crippen LogP contribution >= 0.6 is 11.5 Å². The van der Waals surface area contributed by atoms with E-state index in [2.05, 4.69) is 45.8 Å². The molecule has 1 fully saturated rings. The Labute approximate surface area is 191 Å². The van der Waals surface area contributed by atoms with Crippen LogP contribution in [0.1, 0.15) is 51.0 Å². The van der Waals surface area contributed by atoms with E-state index in [1.807, 2.05) is 40.7 Å². The van der Waals surface area contributed by atoms with Crippen LogP contribution in [0, 0.1) is 5.92 Å². The molecule has 6 nitrogen and oxygen atoms in total. The summed E-state index contributed by atoms with van der Waals surface area (Å²) in [6.45, 7) is 4.99. The van der Waals surface area contributed by atoms with Crippen molar-refractivity contribution in [3.63, 3.8) is 0 Å². The Morgan fingerprint density at radius 1 is 1.25 bits per heavy atom. The van der Waals surface area contributed by atoms with E-state index in [4.69, 9.17) is 0 Å². The molecular formula is C25H29N5OS. The second kappa shape index (κ2) is 8.90. The first-order valence-corrected chi connectivity index (χ1v) is 12.2. The molecule has 0 radical (unpaired) electrons. The number of nitrogens with one attached hydrogen (secondary N) is 2. The van der Waals surface area contributed by atoms with Crippen molar-refractivity contribution < 1.29 is 0 Å². The van der Waals surface area contributed by atoms with Crippen molar-refractivity contribution in [2.75, 3.05) is 5.32 Å². The van der Waals surface area contributed by atoms with E-state index in [0.717, 1.165) is 42.5 Å². The number of hydrogen-bond acceptors (Lipinski definition) is 5. The van der Waals surface area contributed by atoms with Crippen LogP contribution < -0.4 is 10.9 Å². The lowest BCUT2D eigenvalue weighted by molar-refractivity contribution is 0.413. The minimum absolute atomic E-state index is 0.0652. The van der Waals surface area contributed by atoms with Gasteiger partial charge in [0.05, 0.1) is 0 Å². The van der Waals surface area contributed by atoms with Gasteiger partial charge in [-0.05, 0) is 72.8 Å². The van der Waals surface area contributed by atoms with Crippen LogP contribution in [0.4, 0.5) is 5.69 Å². The minimum atomic E-state index is 0.0652. The number of rotatable bonds is 6. The number of fused-ring (bicyclic) bond motifs is 1. The summed E-state index contributed by atoms with van der Waals surface area (Å²) in [5.41, 5.74) is 5.21. The second-order valence-electron chi connectivity index (χ2n) is 9.24. The Balaban J connectivity index is 1.34. The zero-order valence-corrected chi connectivity index (χ0v) is 19.4. The SMILES string of the molecule is CC(C)Cn1cc(-c2cnsc2)cc(NC2CCC(c3c[nH]c4ncccc34)CC2)c1=O. The maximum absolute atomic E-state index is 13.2. The topological polar surface area (TPSA) is 75.6 Å². The van der Waals surface area contributed by atoms with Crippen LogP contribution in [0.25, 0.3) is 22.2 Å². The summed E-state index contributed by atoms with van der Waals surface area (Å²) in [6.07, 6.45) is 12.1. The summed E-state index contributed by atoms with van der Waals surface area (Å²) < 4.78 is 6.09. The molecule has 4 aromatic heterocycles. The maximum Gasteiger partial charge on any atom is 0.273 e. The predicted molar refractivity (Wildman–Crippen MR) is 131 cm³/mol. The van der Waals surface area contributed by atoms with E-state index in [0.29, 0.717) is 30.1 Å². The normalized spacial score (nSPS) is 19.0. The van der Waals surface area contributed by atoms with Crippen molar-refractivity contribution in [1.29, 1.82) is 0 Å². The number of H-pyrrole nitrogens is 1. The number of aromatic amines is 1. The summed E-state index contributed by atoms with van der Waals surface area (Å²) in [5.74, 6) is 0.935. The molecule has 7 heteroatoms. The monoisotopic (exact) mass is 447 g/mol. The molecule has 1 aliphatic rings. The Morgan fingerprint density at radius 2 is 2.09 bits per heavy atom. The highest BCUT2D eigenvalue weighted by Gasteiger charge is 2.25. The molecular weight excluding hydrogens is 418 g/mol. The maximum atomic E-state index is 13.2. The summed E-state index contributed by atoms with van der Waals surface area (Å²) in [5, 5.41) is 6.86. The van der Waals surface area contributed by atoms with Crippen LogP contribution in [0.3, 0.4) is 0 Å². The first-order valence-electron chi connectivity index (χ1n) is 11.4. The molecule has 4 heterocycles. The fourth-order valence-corrected chi connectivity index (χ4v) is 5.40. The number of hydrogen-bond donors (Lipinski definition) is 2. The third-order valence-electron chi connectivity index (χ3n) is 6.42. The van der Waals surface area contributed by atoms with Crippen molar-refractivity contribution in [2.24, 2.45) is 5.92 Å². The van der Waals surface area contributed by atoms with Gasteiger partial charge in [-0.15, -0.1) is 0 Å². The number of aromatic nitrogens is 4. The van der Waals surface area contributed by atoms with Crippen LogP contribution in [0.15, 0.2) is 53.2 Å². The highest BCUT2D eigenvalue weighted by molar-refractivity contribution is 7.03. The van der Waals surface area contributed by atoms with Gasteiger partial charge >= 0.3 is 0 Å². The van der Waals surface area contributed by atoms with Crippen molar-refractivity contribution in [3.8, 4) is 11.1 Å². The Bertz CT molecular complexity index is 1250. The van der Waals surface area contributed by atoms with E-state index < -0.39 is 0 Å². The number of pyridine rings is 2. The zero-order chi connectivity index (χ0) is 22.1. The summed E-state index contributed by atoms with van der Waals surface area (Å²) in [6, 6.07) is 6.47. The average molecular weight is 448 g/mol. The first-order chi connectivity index (χ1) is 15.6. The van der Waals surface area contributed by atoms with Crippen molar-refractivity contribution in [2.45, 2.75) is 58.0 Å². The second-order valence-corrected chi connectivity index (χ2v) is 9.90. The van der Waals surface area contributed by atoms with Gasteiger partial charge in [-0.1, -0.05) is 13.8 Å². The lowest BCUT2D eigenvalue weighted by Crippen LogP contribution is -2.31. The molecule has 0 unspecified atom stereocenters.